The van der Waals surface area contributed by atoms with Gasteiger partial charge in [0.15, 0.2) is 0 Å². The van der Waals surface area contributed by atoms with Crippen LogP contribution < -0.4 is 16.2 Å². The molecule has 1 heterocycles. The van der Waals surface area contributed by atoms with E-state index in [9.17, 15) is 4.79 Å². The normalized spacial score (nSPS) is 19.2. The third-order valence-electron chi connectivity index (χ3n) is 2.79. The van der Waals surface area contributed by atoms with Gasteiger partial charge in [-0.25, -0.2) is 0 Å². The molecule has 1 atom stereocenters. The minimum atomic E-state index is -0.493. The Bertz CT molecular complexity index is 414. The summed E-state index contributed by atoms with van der Waals surface area (Å²) in [6, 6.07) is 4.81. The quantitative estimate of drug-likeness (QED) is 0.756. The standard InChI is InChI=1S/C12H16N2O3/c13-10-5-9(12(14)15)1-2-11(10)17-7-8-3-4-16-6-8/h1-2,5,8H,3-4,6-7,13H2,(H2,14,15). The Balaban J connectivity index is 1.98. The molecule has 1 aliphatic rings. The van der Waals surface area contributed by atoms with Crippen LogP contribution >= 0.6 is 0 Å². The van der Waals surface area contributed by atoms with Crippen molar-refractivity contribution >= 4 is 11.6 Å². The zero-order valence-corrected chi connectivity index (χ0v) is 9.52. The number of rotatable bonds is 4. The van der Waals surface area contributed by atoms with Crippen LogP contribution in [0.15, 0.2) is 18.2 Å². The lowest BCUT2D eigenvalue weighted by atomic mass is 10.1. The van der Waals surface area contributed by atoms with E-state index in [2.05, 4.69) is 0 Å². The van der Waals surface area contributed by atoms with Crippen LogP contribution in [0.2, 0.25) is 0 Å². The maximum absolute atomic E-state index is 10.9. The van der Waals surface area contributed by atoms with Crippen molar-refractivity contribution in [2.45, 2.75) is 6.42 Å². The highest BCUT2D eigenvalue weighted by molar-refractivity contribution is 5.94. The van der Waals surface area contributed by atoms with Crippen molar-refractivity contribution in [1.82, 2.24) is 0 Å². The van der Waals surface area contributed by atoms with E-state index in [1.165, 1.54) is 6.07 Å². The molecule has 1 aromatic carbocycles. The number of nitrogens with two attached hydrogens (primary N) is 2. The molecule has 92 valence electrons. The summed E-state index contributed by atoms with van der Waals surface area (Å²) in [5.74, 6) is 0.513. The van der Waals surface area contributed by atoms with Gasteiger partial charge in [-0.05, 0) is 24.6 Å². The number of amides is 1. The summed E-state index contributed by atoms with van der Waals surface area (Å²) in [7, 11) is 0. The second kappa shape index (κ2) is 5.05. The van der Waals surface area contributed by atoms with Crippen LogP contribution in [0.25, 0.3) is 0 Å². The van der Waals surface area contributed by atoms with Gasteiger partial charge in [-0.1, -0.05) is 0 Å². The highest BCUT2D eigenvalue weighted by Crippen LogP contribution is 2.24. The van der Waals surface area contributed by atoms with Crippen molar-refractivity contribution in [2.75, 3.05) is 25.6 Å². The average molecular weight is 236 g/mol. The van der Waals surface area contributed by atoms with Crippen LogP contribution in [0.3, 0.4) is 0 Å². The van der Waals surface area contributed by atoms with Crippen molar-refractivity contribution in [3.05, 3.63) is 23.8 Å². The number of hydrogen-bond donors (Lipinski definition) is 2. The van der Waals surface area contributed by atoms with Gasteiger partial charge < -0.3 is 20.9 Å². The second-order valence-electron chi connectivity index (χ2n) is 4.16. The Kier molecular flexibility index (Phi) is 3.49. The molecule has 4 N–H and O–H groups in total. The van der Waals surface area contributed by atoms with E-state index in [0.29, 0.717) is 29.5 Å². The van der Waals surface area contributed by atoms with Gasteiger partial charge in [0.1, 0.15) is 5.75 Å². The van der Waals surface area contributed by atoms with Crippen LogP contribution in [0.1, 0.15) is 16.8 Å². The first kappa shape index (κ1) is 11.7. The number of carbonyl (C=O) groups excluding carboxylic acids is 1. The number of anilines is 1. The summed E-state index contributed by atoms with van der Waals surface area (Å²) >= 11 is 0. The Labute approximate surface area is 99.7 Å². The van der Waals surface area contributed by atoms with Crippen LogP contribution in [-0.4, -0.2) is 25.7 Å². The van der Waals surface area contributed by atoms with E-state index in [1.54, 1.807) is 12.1 Å². The molecule has 1 aliphatic heterocycles. The zero-order valence-electron chi connectivity index (χ0n) is 9.52. The predicted molar refractivity (Wildman–Crippen MR) is 63.8 cm³/mol. The monoisotopic (exact) mass is 236 g/mol. The second-order valence-corrected chi connectivity index (χ2v) is 4.16. The summed E-state index contributed by atoms with van der Waals surface area (Å²) in [5.41, 5.74) is 11.8. The zero-order chi connectivity index (χ0) is 12.3. The van der Waals surface area contributed by atoms with E-state index in [0.717, 1.165) is 19.6 Å². The van der Waals surface area contributed by atoms with Crippen molar-refractivity contribution < 1.29 is 14.3 Å². The topological polar surface area (TPSA) is 87.6 Å². The lowest BCUT2D eigenvalue weighted by molar-refractivity contribution is 0.100. The van der Waals surface area contributed by atoms with Crippen LogP contribution in [0, 0.1) is 5.92 Å². The SMILES string of the molecule is NC(=O)c1ccc(OCC2CCOC2)c(N)c1. The average Bonchev–Trinajstić information content (AvgIpc) is 2.80. The van der Waals surface area contributed by atoms with Gasteiger partial charge in [-0.15, -0.1) is 0 Å². The number of carbonyl (C=O) groups is 1. The maximum Gasteiger partial charge on any atom is 0.248 e. The number of benzene rings is 1. The molecule has 0 aromatic heterocycles. The van der Waals surface area contributed by atoms with Gasteiger partial charge in [0.05, 0.1) is 18.9 Å². The summed E-state index contributed by atoms with van der Waals surface area (Å²) in [6.45, 7) is 2.11. The minimum absolute atomic E-state index is 0.388. The summed E-state index contributed by atoms with van der Waals surface area (Å²) in [5, 5.41) is 0. The van der Waals surface area contributed by atoms with E-state index >= 15 is 0 Å². The van der Waals surface area contributed by atoms with Crippen LogP contribution in [0.4, 0.5) is 5.69 Å². The molecule has 5 heteroatoms. The molecule has 0 radical (unpaired) electrons. The van der Waals surface area contributed by atoms with Crippen molar-refractivity contribution in [1.29, 1.82) is 0 Å². The number of hydrogen-bond acceptors (Lipinski definition) is 4. The Morgan fingerprint density at radius 1 is 1.53 bits per heavy atom. The first-order chi connectivity index (χ1) is 8.16. The fraction of sp³-hybridized carbons (Fsp3) is 0.417. The van der Waals surface area contributed by atoms with Crippen molar-refractivity contribution in [2.24, 2.45) is 11.7 Å². The first-order valence-corrected chi connectivity index (χ1v) is 5.56. The molecule has 5 nitrogen and oxygen atoms in total. The molecule has 2 rings (SSSR count). The summed E-state index contributed by atoms with van der Waals surface area (Å²) < 4.78 is 10.9. The third kappa shape index (κ3) is 2.88. The largest absolute Gasteiger partial charge is 0.491 e. The summed E-state index contributed by atoms with van der Waals surface area (Å²) in [4.78, 5) is 10.9. The molecule has 0 saturated carbocycles. The van der Waals surface area contributed by atoms with E-state index in [4.69, 9.17) is 20.9 Å². The molecule has 0 bridgehead atoms. The fourth-order valence-corrected chi connectivity index (χ4v) is 1.76. The van der Waals surface area contributed by atoms with Gasteiger partial charge in [0.2, 0.25) is 5.91 Å². The molecule has 0 aliphatic carbocycles. The maximum atomic E-state index is 10.9. The molecule has 1 fully saturated rings. The van der Waals surface area contributed by atoms with E-state index in [1.807, 2.05) is 0 Å². The first-order valence-electron chi connectivity index (χ1n) is 5.56. The number of nitrogen functional groups attached to an aromatic ring is 1. The van der Waals surface area contributed by atoms with Crippen LogP contribution in [-0.2, 0) is 4.74 Å². The molecular weight excluding hydrogens is 220 g/mol. The molecular formula is C12H16N2O3. The number of ether oxygens (including phenoxy) is 2. The lowest BCUT2D eigenvalue weighted by Gasteiger charge is -2.12. The van der Waals surface area contributed by atoms with Gasteiger partial charge >= 0.3 is 0 Å². The van der Waals surface area contributed by atoms with E-state index in [-0.39, 0.29) is 0 Å². The Hall–Kier alpha value is -1.75. The Morgan fingerprint density at radius 2 is 2.35 bits per heavy atom. The Morgan fingerprint density at radius 3 is 2.94 bits per heavy atom. The highest BCUT2D eigenvalue weighted by atomic mass is 16.5. The lowest BCUT2D eigenvalue weighted by Crippen LogP contribution is -2.14. The molecule has 1 unspecified atom stereocenters. The molecule has 0 spiro atoms. The predicted octanol–water partition coefficient (Wildman–Crippen LogP) is 0.783. The highest BCUT2D eigenvalue weighted by Gasteiger charge is 2.16. The van der Waals surface area contributed by atoms with Crippen LogP contribution in [0.5, 0.6) is 5.75 Å². The smallest absolute Gasteiger partial charge is 0.248 e. The minimum Gasteiger partial charge on any atom is -0.491 e. The fourth-order valence-electron chi connectivity index (χ4n) is 1.76. The third-order valence-corrected chi connectivity index (χ3v) is 2.79. The van der Waals surface area contributed by atoms with Crippen molar-refractivity contribution in [3.8, 4) is 5.75 Å². The molecule has 1 amide bonds. The van der Waals surface area contributed by atoms with Gasteiger partial charge in [-0.2, -0.15) is 0 Å². The molecule has 1 saturated heterocycles. The number of primary amides is 1. The molecule has 17 heavy (non-hydrogen) atoms. The van der Waals surface area contributed by atoms with Gasteiger partial charge in [-0.3, -0.25) is 4.79 Å². The summed E-state index contributed by atoms with van der Waals surface area (Å²) in [6.07, 6.45) is 1.01. The van der Waals surface area contributed by atoms with Crippen molar-refractivity contribution in [3.63, 3.8) is 0 Å². The molecule has 1 aromatic rings. The van der Waals surface area contributed by atoms with E-state index < -0.39 is 5.91 Å². The van der Waals surface area contributed by atoms with Gasteiger partial charge in [0, 0.05) is 18.1 Å². The van der Waals surface area contributed by atoms with Gasteiger partial charge in [0.25, 0.3) is 0 Å².